The molecule has 0 aliphatic rings. The van der Waals surface area contributed by atoms with Gasteiger partial charge in [0.25, 0.3) is 0 Å². The fraction of sp³-hybridized carbons (Fsp3) is 0.929. The van der Waals surface area contributed by atoms with Crippen LogP contribution in [0.4, 0.5) is 0 Å². The van der Waals surface area contributed by atoms with Crippen molar-refractivity contribution in [1.29, 1.82) is 0 Å². The topological polar surface area (TPSA) is 26.3 Å². The van der Waals surface area contributed by atoms with E-state index in [-0.39, 0.29) is 0 Å². The molecule has 0 saturated heterocycles. The van der Waals surface area contributed by atoms with Crippen LogP contribution in [0, 0.1) is 0 Å². The van der Waals surface area contributed by atoms with E-state index in [9.17, 15) is 4.79 Å². The summed E-state index contributed by atoms with van der Waals surface area (Å²) in [6.45, 7) is 7.39. The second-order valence-electron chi connectivity index (χ2n) is 5.22. The van der Waals surface area contributed by atoms with Crippen LogP contribution in [0.2, 0.25) is 0 Å². The summed E-state index contributed by atoms with van der Waals surface area (Å²) < 4.78 is 5.17. The molecule has 0 aromatic rings. The van der Waals surface area contributed by atoms with Crippen LogP contribution in [0.15, 0.2) is 0 Å². The van der Waals surface area contributed by atoms with Crippen molar-refractivity contribution in [2.75, 3.05) is 24.8 Å². The van der Waals surface area contributed by atoms with E-state index in [0.29, 0.717) is 6.47 Å². The molecule has 0 unspecified atom stereocenters. The SMILES string of the molecule is CCCC[PH](CCCC)(CCCC)COC=O. The maximum absolute atomic E-state index is 10.5. The molecule has 0 aromatic carbocycles. The third-order valence-electron chi connectivity index (χ3n) is 3.64. The van der Waals surface area contributed by atoms with Crippen LogP contribution in [0.3, 0.4) is 0 Å². The van der Waals surface area contributed by atoms with Gasteiger partial charge in [0, 0.05) is 0 Å². The third kappa shape index (κ3) is 7.76. The van der Waals surface area contributed by atoms with E-state index in [0.717, 1.165) is 6.35 Å². The van der Waals surface area contributed by atoms with Crippen LogP contribution in [-0.4, -0.2) is 31.3 Å². The number of unbranched alkanes of at least 4 members (excludes halogenated alkanes) is 3. The molecule has 0 spiro atoms. The summed E-state index contributed by atoms with van der Waals surface area (Å²) in [7, 11) is -1.33. The van der Waals surface area contributed by atoms with Gasteiger partial charge in [-0.05, 0) is 0 Å². The molecule has 0 heterocycles. The van der Waals surface area contributed by atoms with Crippen molar-refractivity contribution in [3.05, 3.63) is 0 Å². The Morgan fingerprint density at radius 2 is 1.29 bits per heavy atom. The normalized spacial score (nSPS) is 12.4. The number of carbonyl (C=O) groups excluding carboxylic acids is 1. The first-order valence-electron chi connectivity index (χ1n) is 7.30. The van der Waals surface area contributed by atoms with Gasteiger partial charge in [-0.1, -0.05) is 0 Å². The maximum atomic E-state index is 10.5. The molecule has 0 aromatic heterocycles. The first-order chi connectivity index (χ1) is 8.24. The van der Waals surface area contributed by atoms with Gasteiger partial charge in [-0.25, -0.2) is 0 Å². The molecular formula is C14H31O2P. The Labute approximate surface area is 108 Å². The van der Waals surface area contributed by atoms with Crippen LogP contribution >= 0.6 is 7.26 Å². The summed E-state index contributed by atoms with van der Waals surface area (Å²) in [5.41, 5.74) is 0. The van der Waals surface area contributed by atoms with Gasteiger partial charge in [0.15, 0.2) is 0 Å². The first kappa shape index (κ1) is 16.9. The van der Waals surface area contributed by atoms with Crippen molar-refractivity contribution in [2.45, 2.75) is 59.3 Å². The minimum absolute atomic E-state index is 0.644. The van der Waals surface area contributed by atoms with Crippen molar-refractivity contribution >= 4 is 13.7 Å². The molecule has 0 N–H and O–H groups in total. The average molecular weight is 262 g/mol. The average Bonchev–Trinajstić information content (AvgIpc) is 2.37. The van der Waals surface area contributed by atoms with Crippen LogP contribution in [-0.2, 0) is 9.53 Å². The third-order valence-corrected chi connectivity index (χ3v) is 8.66. The Kier molecular flexibility index (Phi) is 11.0. The van der Waals surface area contributed by atoms with Gasteiger partial charge >= 0.3 is 107 Å². The van der Waals surface area contributed by atoms with Gasteiger partial charge in [-0.15, -0.1) is 0 Å². The zero-order valence-electron chi connectivity index (χ0n) is 12.0. The predicted octanol–water partition coefficient (Wildman–Crippen LogP) is 4.27. The second kappa shape index (κ2) is 11.0. The molecular weight excluding hydrogens is 231 g/mol. The molecule has 3 heteroatoms. The fourth-order valence-electron chi connectivity index (χ4n) is 2.46. The van der Waals surface area contributed by atoms with Crippen LogP contribution in [0.5, 0.6) is 0 Å². The predicted molar refractivity (Wildman–Crippen MR) is 79.7 cm³/mol. The quantitative estimate of drug-likeness (QED) is 0.388. The summed E-state index contributed by atoms with van der Waals surface area (Å²) in [6, 6.07) is 0. The molecule has 0 amide bonds. The minimum atomic E-state index is -1.33. The molecule has 0 rings (SSSR count). The van der Waals surface area contributed by atoms with E-state index >= 15 is 0 Å². The van der Waals surface area contributed by atoms with E-state index in [1.54, 1.807) is 0 Å². The fourth-order valence-corrected chi connectivity index (χ4v) is 7.37. The molecule has 0 saturated carbocycles. The first-order valence-corrected chi connectivity index (χ1v) is 10.1. The molecule has 0 atom stereocenters. The zero-order chi connectivity index (χ0) is 13.0. The Morgan fingerprint density at radius 1 is 0.882 bits per heavy atom. The number of ether oxygens (including phenoxy) is 1. The van der Waals surface area contributed by atoms with E-state index in [4.69, 9.17) is 4.74 Å². The monoisotopic (exact) mass is 262 g/mol. The van der Waals surface area contributed by atoms with Gasteiger partial charge < -0.3 is 0 Å². The molecule has 17 heavy (non-hydrogen) atoms. The Hall–Kier alpha value is -0.100. The van der Waals surface area contributed by atoms with Crippen molar-refractivity contribution < 1.29 is 9.53 Å². The standard InChI is InChI=1S/C14H31O2P/c1-4-7-10-17(11-8-5-2,12-9-6-3)14-16-13-15/h13,17H,4-12,14H2,1-3H3. The van der Waals surface area contributed by atoms with Crippen molar-refractivity contribution in [3.63, 3.8) is 0 Å². The number of rotatable bonds is 12. The number of hydrogen-bond acceptors (Lipinski definition) is 2. The summed E-state index contributed by atoms with van der Waals surface area (Å²) in [5, 5.41) is 0. The van der Waals surface area contributed by atoms with Crippen LogP contribution in [0.25, 0.3) is 0 Å². The van der Waals surface area contributed by atoms with Crippen molar-refractivity contribution in [2.24, 2.45) is 0 Å². The van der Waals surface area contributed by atoms with E-state index in [2.05, 4.69) is 20.8 Å². The molecule has 104 valence electrons. The van der Waals surface area contributed by atoms with Gasteiger partial charge in [-0.2, -0.15) is 0 Å². The second-order valence-corrected chi connectivity index (χ2v) is 10.0. The molecule has 0 radical (unpaired) electrons. The Morgan fingerprint density at radius 3 is 1.59 bits per heavy atom. The van der Waals surface area contributed by atoms with Gasteiger partial charge in [0.2, 0.25) is 0 Å². The zero-order valence-corrected chi connectivity index (χ0v) is 13.0. The van der Waals surface area contributed by atoms with Gasteiger partial charge in [0.1, 0.15) is 0 Å². The van der Waals surface area contributed by atoms with E-state index in [1.165, 1.54) is 57.0 Å². The summed E-state index contributed by atoms with van der Waals surface area (Å²) >= 11 is 0. The molecule has 0 aliphatic heterocycles. The number of hydrogen-bond donors (Lipinski definition) is 0. The Balaban J connectivity index is 4.44. The van der Waals surface area contributed by atoms with Crippen LogP contribution < -0.4 is 0 Å². The number of carbonyl (C=O) groups is 1. The van der Waals surface area contributed by atoms with Gasteiger partial charge in [0.05, 0.1) is 0 Å². The Bertz CT molecular complexity index is 161. The van der Waals surface area contributed by atoms with Crippen molar-refractivity contribution in [1.82, 2.24) is 0 Å². The van der Waals surface area contributed by atoms with E-state index in [1.807, 2.05) is 0 Å². The molecule has 0 aliphatic carbocycles. The summed E-state index contributed by atoms with van der Waals surface area (Å²) in [4.78, 5) is 10.5. The van der Waals surface area contributed by atoms with E-state index < -0.39 is 7.26 Å². The molecule has 0 bridgehead atoms. The summed E-state index contributed by atoms with van der Waals surface area (Å²) in [6.07, 6.45) is 12.5. The van der Waals surface area contributed by atoms with Crippen molar-refractivity contribution in [3.8, 4) is 0 Å². The van der Waals surface area contributed by atoms with Crippen LogP contribution in [0.1, 0.15) is 59.3 Å². The summed E-state index contributed by atoms with van der Waals surface area (Å²) in [5.74, 6) is 0. The molecule has 2 nitrogen and oxygen atoms in total. The van der Waals surface area contributed by atoms with Gasteiger partial charge in [-0.3, -0.25) is 0 Å². The molecule has 0 fully saturated rings.